The van der Waals surface area contributed by atoms with Gasteiger partial charge in [0.2, 0.25) is 5.91 Å². The highest BCUT2D eigenvalue weighted by molar-refractivity contribution is 6.30. The predicted octanol–water partition coefficient (Wildman–Crippen LogP) is 2.61. The van der Waals surface area contributed by atoms with E-state index in [0.717, 1.165) is 18.4 Å². The molecule has 0 spiro atoms. The van der Waals surface area contributed by atoms with Gasteiger partial charge in [0.05, 0.1) is 18.4 Å². The van der Waals surface area contributed by atoms with Crippen LogP contribution in [0.15, 0.2) is 24.3 Å². The minimum atomic E-state index is -0.765. The van der Waals surface area contributed by atoms with Crippen molar-refractivity contribution in [2.75, 3.05) is 19.7 Å². The maximum absolute atomic E-state index is 12.4. The van der Waals surface area contributed by atoms with E-state index in [1.807, 2.05) is 17.0 Å². The first kappa shape index (κ1) is 17.2. The Bertz CT molecular complexity index is 596. The molecule has 2 aliphatic rings. The summed E-state index contributed by atoms with van der Waals surface area (Å²) in [6, 6.07) is 7.33. The summed E-state index contributed by atoms with van der Waals surface area (Å²) in [5.41, 5.74) is 0.955. The number of carbonyl (C=O) groups excluding carboxylic acids is 1. The molecule has 0 saturated carbocycles. The standard InChI is InChI=1S/C18H22ClNO4/c19-14-3-1-12(2-4-14)11-16(21)20-8-5-13(6-9-20)17-15(18(22)23)7-10-24-17/h1-4,13,15,17H,5-11H2,(H,22,23)/t15?,17-/m0/s1. The van der Waals surface area contributed by atoms with E-state index in [2.05, 4.69) is 0 Å². The number of nitrogens with zero attached hydrogens (tertiary/aromatic N) is 1. The Morgan fingerprint density at radius 1 is 1.17 bits per heavy atom. The molecule has 130 valence electrons. The third-order valence-electron chi connectivity index (χ3n) is 5.08. The van der Waals surface area contributed by atoms with Gasteiger partial charge >= 0.3 is 5.97 Å². The van der Waals surface area contributed by atoms with Gasteiger partial charge in [-0.05, 0) is 42.9 Å². The molecule has 0 aromatic heterocycles. The van der Waals surface area contributed by atoms with Crippen LogP contribution in [0, 0.1) is 11.8 Å². The van der Waals surface area contributed by atoms with Gasteiger partial charge in [-0.2, -0.15) is 0 Å². The number of ether oxygens (including phenoxy) is 1. The van der Waals surface area contributed by atoms with E-state index in [9.17, 15) is 14.7 Å². The lowest BCUT2D eigenvalue weighted by atomic mass is 9.84. The fourth-order valence-electron chi connectivity index (χ4n) is 3.71. The number of benzene rings is 1. The fraction of sp³-hybridized carbons (Fsp3) is 0.556. The average molecular weight is 352 g/mol. The molecule has 1 amide bonds. The van der Waals surface area contributed by atoms with Crippen molar-refractivity contribution in [2.24, 2.45) is 11.8 Å². The number of amides is 1. The molecule has 3 rings (SSSR count). The molecule has 2 fully saturated rings. The first-order valence-electron chi connectivity index (χ1n) is 8.41. The van der Waals surface area contributed by atoms with Gasteiger partial charge in [0.25, 0.3) is 0 Å². The van der Waals surface area contributed by atoms with E-state index in [1.165, 1.54) is 0 Å². The highest BCUT2D eigenvalue weighted by Crippen LogP contribution is 2.33. The molecule has 2 saturated heterocycles. The highest BCUT2D eigenvalue weighted by atomic mass is 35.5. The molecular weight excluding hydrogens is 330 g/mol. The summed E-state index contributed by atoms with van der Waals surface area (Å²) in [5, 5.41) is 9.95. The van der Waals surface area contributed by atoms with Crippen molar-refractivity contribution in [1.82, 2.24) is 4.90 Å². The second-order valence-electron chi connectivity index (χ2n) is 6.59. The smallest absolute Gasteiger partial charge is 0.309 e. The van der Waals surface area contributed by atoms with Gasteiger partial charge in [-0.3, -0.25) is 9.59 Å². The molecule has 0 bridgehead atoms. The topological polar surface area (TPSA) is 66.8 Å². The maximum Gasteiger partial charge on any atom is 0.309 e. The minimum absolute atomic E-state index is 0.109. The van der Waals surface area contributed by atoms with E-state index in [4.69, 9.17) is 16.3 Å². The van der Waals surface area contributed by atoms with Gasteiger partial charge in [0.15, 0.2) is 0 Å². The van der Waals surface area contributed by atoms with Crippen LogP contribution < -0.4 is 0 Å². The number of carbonyl (C=O) groups is 2. The molecular formula is C18H22ClNO4. The van der Waals surface area contributed by atoms with Crippen LogP contribution in [0.1, 0.15) is 24.8 Å². The Hall–Kier alpha value is -1.59. The van der Waals surface area contributed by atoms with Crippen LogP contribution in [0.3, 0.4) is 0 Å². The molecule has 1 aromatic carbocycles. The number of halogens is 1. The molecule has 1 aromatic rings. The Labute approximate surface area is 146 Å². The number of carboxylic acids is 1. The second kappa shape index (κ2) is 7.53. The van der Waals surface area contributed by atoms with E-state index >= 15 is 0 Å². The third kappa shape index (κ3) is 3.90. The van der Waals surface area contributed by atoms with Gasteiger partial charge in [-0.1, -0.05) is 23.7 Å². The summed E-state index contributed by atoms with van der Waals surface area (Å²) in [7, 11) is 0. The zero-order valence-electron chi connectivity index (χ0n) is 13.5. The van der Waals surface area contributed by atoms with E-state index < -0.39 is 11.9 Å². The first-order chi connectivity index (χ1) is 11.5. The van der Waals surface area contributed by atoms with Crippen LogP contribution in [0.4, 0.5) is 0 Å². The van der Waals surface area contributed by atoms with Crippen molar-refractivity contribution in [1.29, 1.82) is 0 Å². The van der Waals surface area contributed by atoms with E-state index in [1.54, 1.807) is 12.1 Å². The highest BCUT2D eigenvalue weighted by Gasteiger charge is 2.40. The molecule has 2 atom stereocenters. The average Bonchev–Trinajstić information content (AvgIpc) is 3.07. The summed E-state index contributed by atoms with van der Waals surface area (Å²) < 4.78 is 5.67. The normalized spacial score (nSPS) is 25.0. The SMILES string of the molecule is O=C(O)C1CCO[C@H]1C1CCN(C(=O)Cc2ccc(Cl)cc2)CC1. The second-order valence-corrected chi connectivity index (χ2v) is 7.03. The lowest BCUT2D eigenvalue weighted by Crippen LogP contribution is -2.43. The van der Waals surface area contributed by atoms with Gasteiger partial charge in [-0.15, -0.1) is 0 Å². The van der Waals surface area contributed by atoms with Crippen LogP contribution >= 0.6 is 11.6 Å². The number of hydrogen-bond acceptors (Lipinski definition) is 3. The molecule has 6 heteroatoms. The van der Waals surface area contributed by atoms with Gasteiger partial charge in [0, 0.05) is 24.7 Å². The lowest BCUT2D eigenvalue weighted by molar-refractivity contribution is -0.145. The van der Waals surface area contributed by atoms with Crippen molar-refractivity contribution < 1.29 is 19.4 Å². The minimum Gasteiger partial charge on any atom is -0.481 e. The first-order valence-corrected chi connectivity index (χ1v) is 8.79. The molecule has 2 aliphatic heterocycles. The number of carboxylic acid groups (broad SMARTS) is 1. The number of likely N-dealkylation sites (tertiary alicyclic amines) is 1. The molecule has 2 heterocycles. The van der Waals surface area contributed by atoms with Crippen molar-refractivity contribution in [3.05, 3.63) is 34.9 Å². The van der Waals surface area contributed by atoms with Gasteiger partial charge in [0.1, 0.15) is 0 Å². The van der Waals surface area contributed by atoms with E-state index in [0.29, 0.717) is 37.6 Å². The summed E-state index contributed by atoms with van der Waals surface area (Å²) in [5.74, 6) is -0.823. The van der Waals surface area contributed by atoms with Crippen molar-refractivity contribution in [3.63, 3.8) is 0 Å². The molecule has 1 unspecified atom stereocenters. The van der Waals surface area contributed by atoms with Crippen molar-refractivity contribution >= 4 is 23.5 Å². The van der Waals surface area contributed by atoms with Crippen LogP contribution in [0.2, 0.25) is 5.02 Å². The number of piperidine rings is 1. The van der Waals surface area contributed by atoms with Gasteiger partial charge < -0.3 is 14.7 Å². The molecule has 0 aliphatic carbocycles. The van der Waals surface area contributed by atoms with Crippen molar-refractivity contribution in [2.45, 2.75) is 31.8 Å². The Morgan fingerprint density at radius 3 is 2.46 bits per heavy atom. The summed E-state index contributed by atoms with van der Waals surface area (Å²) >= 11 is 5.86. The van der Waals surface area contributed by atoms with Crippen LogP contribution in [0.5, 0.6) is 0 Å². The number of aliphatic carboxylic acids is 1. The van der Waals surface area contributed by atoms with Crippen molar-refractivity contribution in [3.8, 4) is 0 Å². The zero-order valence-corrected chi connectivity index (χ0v) is 14.2. The Kier molecular flexibility index (Phi) is 5.41. The quantitative estimate of drug-likeness (QED) is 0.905. The fourth-order valence-corrected chi connectivity index (χ4v) is 3.83. The van der Waals surface area contributed by atoms with E-state index in [-0.39, 0.29) is 17.9 Å². The van der Waals surface area contributed by atoms with Crippen LogP contribution in [-0.2, 0) is 20.7 Å². The van der Waals surface area contributed by atoms with Crippen LogP contribution in [0.25, 0.3) is 0 Å². The monoisotopic (exact) mass is 351 g/mol. The lowest BCUT2D eigenvalue weighted by Gasteiger charge is -2.35. The largest absolute Gasteiger partial charge is 0.481 e. The summed E-state index contributed by atoms with van der Waals surface area (Å²) in [6.07, 6.45) is 2.38. The molecule has 5 nitrogen and oxygen atoms in total. The van der Waals surface area contributed by atoms with Crippen LogP contribution in [-0.4, -0.2) is 47.7 Å². The third-order valence-corrected chi connectivity index (χ3v) is 5.33. The number of rotatable bonds is 4. The van der Waals surface area contributed by atoms with Gasteiger partial charge in [-0.25, -0.2) is 0 Å². The maximum atomic E-state index is 12.4. The molecule has 0 radical (unpaired) electrons. The summed E-state index contributed by atoms with van der Waals surface area (Å²) in [6.45, 7) is 1.87. The molecule has 24 heavy (non-hydrogen) atoms. The predicted molar refractivity (Wildman–Crippen MR) is 89.9 cm³/mol. The zero-order chi connectivity index (χ0) is 17.1. The number of hydrogen-bond donors (Lipinski definition) is 1. The summed E-state index contributed by atoms with van der Waals surface area (Å²) in [4.78, 5) is 25.6. The Morgan fingerprint density at radius 2 is 1.83 bits per heavy atom. The molecule has 1 N–H and O–H groups in total. The Balaban J connectivity index is 1.52.